The fourth-order valence-electron chi connectivity index (χ4n) is 3.32. The van der Waals surface area contributed by atoms with Crippen molar-refractivity contribution in [2.45, 2.75) is 19.4 Å². The molecular formula is C22H23N3O3S. The molecule has 1 saturated heterocycles. The van der Waals surface area contributed by atoms with Crippen LogP contribution >= 0.6 is 11.3 Å². The zero-order valence-electron chi connectivity index (χ0n) is 16.1. The van der Waals surface area contributed by atoms with Gasteiger partial charge in [-0.15, -0.1) is 0 Å². The van der Waals surface area contributed by atoms with Gasteiger partial charge in [-0.3, -0.25) is 14.5 Å². The van der Waals surface area contributed by atoms with E-state index in [-0.39, 0.29) is 24.5 Å². The maximum atomic E-state index is 12.2. The normalized spacial score (nSPS) is 14.8. The molecule has 0 radical (unpaired) electrons. The van der Waals surface area contributed by atoms with E-state index in [0.29, 0.717) is 10.7 Å². The summed E-state index contributed by atoms with van der Waals surface area (Å²) in [7, 11) is 0. The lowest BCUT2D eigenvalue weighted by atomic mass is 10.1. The molecule has 0 saturated carbocycles. The number of nitrogens with one attached hydrogen (secondary N) is 1. The van der Waals surface area contributed by atoms with Crippen molar-refractivity contribution >= 4 is 38.4 Å². The first kappa shape index (κ1) is 19.7. The van der Waals surface area contributed by atoms with E-state index in [1.54, 1.807) is 12.1 Å². The molecule has 0 aliphatic carbocycles. The number of anilines is 1. The predicted octanol–water partition coefficient (Wildman–Crippen LogP) is 3.73. The van der Waals surface area contributed by atoms with Crippen LogP contribution in [0, 0.1) is 0 Å². The number of fused-ring (bicyclic) bond motifs is 1. The van der Waals surface area contributed by atoms with E-state index in [0.717, 1.165) is 43.1 Å². The summed E-state index contributed by atoms with van der Waals surface area (Å²) in [6.07, 6.45) is 0.330. The highest BCUT2D eigenvalue weighted by molar-refractivity contribution is 7.22. The number of rotatable bonds is 7. The van der Waals surface area contributed by atoms with Gasteiger partial charge in [0.05, 0.1) is 23.4 Å². The van der Waals surface area contributed by atoms with E-state index in [1.807, 2.05) is 24.3 Å². The van der Waals surface area contributed by atoms with Crippen LogP contribution in [-0.2, 0) is 16.1 Å². The molecule has 4 rings (SSSR count). The van der Waals surface area contributed by atoms with E-state index in [1.165, 1.54) is 16.9 Å². The van der Waals surface area contributed by atoms with Gasteiger partial charge in [0.15, 0.2) is 10.9 Å². The summed E-state index contributed by atoms with van der Waals surface area (Å²) in [6, 6.07) is 15.3. The number of morpholine rings is 1. The number of amides is 1. The Kier molecular flexibility index (Phi) is 6.29. The van der Waals surface area contributed by atoms with Gasteiger partial charge in [0.2, 0.25) is 5.91 Å². The van der Waals surface area contributed by atoms with Gasteiger partial charge < -0.3 is 10.1 Å². The lowest BCUT2D eigenvalue weighted by molar-refractivity contribution is -0.116. The van der Waals surface area contributed by atoms with Crippen molar-refractivity contribution in [1.82, 2.24) is 9.88 Å². The van der Waals surface area contributed by atoms with Crippen LogP contribution < -0.4 is 5.32 Å². The number of nitrogens with zero attached hydrogens (tertiary/aromatic N) is 2. The molecule has 1 amide bonds. The van der Waals surface area contributed by atoms with Crippen molar-refractivity contribution < 1.29 is 14.3 Å². The molecule has 6 nitrogen and oxygen atoms in total. The summed E-state index contributed by atoms with van der Waals surface area (Å²) in [6.45, 7) is 4.35. The minimum atomic E-state index is -0.193. The highest BCUT2D eigenvalue weighted by Crippen LogP contribution is 2.27. The summed E-state index contributed by atoms with van der Waals surface area (Å²) in [5, 5.41) is 3.40. The van der Waals surface area contributed by atoms with Gasteiger partial charge >= 0.3 is 0 Å². The average Bonchev–Trinajstić information content (AvgIpc) is 3.15. The fraction of sp³-hybridized carbons (Fsp3) is 0.318. The zero-order valence-corrected chi connectivity index (χ0v) is 16.9. The first-order valence-corrected chi connectivity index (χ1v) is 10.6. The average molecular weight is 410 g/mol. The monoisotopic (exact) mass is 409 g/mol. The number of ether oxygens (including phenoxy) is 1. The van der Waals surface area contributed by atoms with Crippen LogP contribution in [0.3, 0.4) is 0 Å². The molecule has 2 aromatic carbocycles. The van der Waals surface area contributed by atoms with Crippen molar-refractivity contribution in [2.75, 3.05) is 31.6 Å². The second-order valence-corrected chi connectivity index (χ2v) is 8.08. The number of thiazole rings is 1. The van der Waals surface area contributed by atoms with Gasteiger partial charge in [-0.25, -0.2) is 4.98 Å². The molecule has 1 aliphatic rings. The first-order chi connectivity index (χ1) is 14.2. The number of carbonyl (C=O) groups is 2. The summed E-state index contributed by atoms with van der Waals surface area (Å²) in [5.41, 5.74) is 2.74. The van der Waals surface area contributed by atoms with Crippen LogP contribution in [0.5, 0.6) is 0 Å². The Labute approximate surface area is 173 Å². The molecule has 0 bridgehead atoms. The Morgan fingerprint density at radius 1 is 1.07 bits per heavy atom. The largest absolute Gasteiger partial charge is 0.379 e. The smallest absolute Gasteiger partial charge is 0.226 e. The molecule has 1 fully saturated rings. The van der Waals surface area contributed by atoms with Crippen LogP contribution in [0.15, 0.2) is 48.5 Å². The lowest BCUT2D eigenvalue weighted by Crippen LogP contribution is -2.35. The number of hydrogen-bond donors (Lipinski definition) is 1. The maximum absolute atomic E-state index is 12.2. The van der Waals surface area contributed by atoms with Crippen LogP contribution in [-0.4, -0.2) is 47.9 Å². The molecule has 0 spiro atoms. The SMILES string of the molecule is O=C(CCC(=O)c1ccccc1)Nc1nc2ccc(CN3CCOCC3)cc2s1. The van der Waals surface area contributed by atoms with Crippen LogP contribution in [0.25, 0.3) is 10.2 Å². The molecule has 3 aromatic rings. The van der Waals surface area contributed by atoms with Crippen LogP contribution in [0.2, 0.25) is 0 Å². The van der Waals surface area contributed by atoms with E-state index < -0.39 is 0 Å². The predicted molar refractivity (Wildman–Crippen MR) is 114 cm³/mol. The third-order valence-corrected chi connectivity index (χ3v) is 5.82. The number of aromatic nitrogens is 1. The van der Waals surface area contributed by atoms with Gasteiger partial charge in [-0.2, -0.15) is 0 Å². The van der Waals surface area contributed by atoms with Gasteiger partial charge in [-0.1, -0.05) is 47.7 Å². The standard InChI is InChI=1S/C22H23N3O3S/c26-19(17-4-2-1-3-5-17)8-9-21(27)24-22-23-18-7-6-16(14-20(18)29-22)15-25-10-12-28-13-11-25/h1-7,14H,8-13,15H2,(H,23,24,27). The molecule has 0 atom stereocenters. The van der Waals surface area contributed by atoms with E-state index in [9.17, 15) is 9.59 Å². The molecule has 2 heterocycles. The second kappa shape index (κ2) is 9.26. The Morgan fingerprint density at radius 3 is 2.66 bits per heavy atom. The summed E-state index contributed by atoms with van der Waals surface area (Å²) < 4.78 is 6.44. The third kappa shape index (κ3) is 5.26. The minimum absolute atomic E-state index is 0.0298. The molecule has 1 N–H and O–H groups in total. The molecule has 0 unspecified atom stereocenters. The Bertz CT molecular complexity index is 997. The van der Waals surface area contributed by atoms with Gasteiger partial charge in [0, 0.05) is 38.0 Å². The van der Waals surface area contributed by atoms with Gasteiger partial charge in [0.1, 0.15) is 0 Å². The lowest BCUT2D eigenvalue weighted by Gasteiger charge is -2.26. The van der Waals surface area contributed by atoms with Crippen LogP contribution in [0.4, 0.5) is 5.13 Å². The Hall–Kier alpha value is -2.61. The quantitative estimate of drug-likeness (QED) is 0.602. The van der Waals surface area contributed by atoms with Gasteiger partial charge in [-0.05, 0) is 17.7 Å². The molecular weight excluding hydrogens is 386 g/mol. The Balaban J connectivity index is 1.34. The number of hydrogen-bond acceptors (Lipinski definition) is 6. The van der Waals surface area contributed by atoms with E-state index in [2.05, 4.69) is 27.3 Å². The minimum Gasteiger partial charge on any atom is -0.379 e. The zero-order chi connectivity index (χ0) is 20.1. The molecule has 1 aromatic heterocycles. The number of benzene rings is 2. The highest BCUT2D eigenvalue weighted by atomic mass is 32.1. The molecule has 150 valence electrons. The Morgan fingerprint density at radius 2 is 1.86 bits per heavy atom. The highest BCUT2D eigenvalue weighted by Gasteiger charge is 2.14. The first-order valence-electron chi connectivity index (χ1n) is 9.75. The molecule has 29 heavy (non-hydrogen) atoms. The van der Waals surface area contributed by atoms with Crippen molar-refractivity contribution in [3.05, 3.63) is 59.7 Å². The van der Waals surface area contributed by atoms with E-state index in [4.69, 9.17) is 4.74 Å². The number of carbonyl (C=O) groups excluding carboxylic acids is 2. The fourth-order valence-corrected chi connectivity index (χ4v) is 4.26. The van der Waals surface area contributed by atoms with Crippen molar-refractivity contribution in [3.8, 4) is 0 Å². The van der Waals surface area contributed by atoms with Crippen molar-refractivity contribution in [2.24, 2.45) is 0 Å². The number of ketones is 1. The summed E-state index contributed by atoms with van der Waals surface area (Å²) in [4.78, 5) is 31.2. The van der Waals surface area contributed by atoms with Crippen LogP contribution in [0.1, 0.15) is 28.8 Å². The summed E-state index contributed by atoms with van der Waals surface area (Å²) in [5.74, 6) is -0.223. The van der Waals surface area contributed by atoms with Crippen molar-refractivity contribution in [3.63, 3.8) is 0 Å². The molecule has 1 aliphatic heterocycles. The number of Topliss-reactive ketones (excluding diaryl/α,β-unsaturated/α-hetero) is 1. The second-order valence-electron chi connectivity index (χ2n) is 7.05. The topological polar surface area (TPSA) is 71.5 Å². The summed E-state index contributed by atoms with van der Waals surface area (Å²) >= 11 is 1.46. The molecule has 7 heteroatoms. The van der Waals surface area contributed by atoms with E-state index >= 15 is 0 Å². The van der Waals surface area contributed by atoms with Gasteiger partial charge in [0.25, 0.3) is 0 Å². The maximum Gasteiger partial charge on any atom is 0.226 e. The third-order valence-electron chi connectivity index (χ3n) is 4.88. The van der Waals surface area contributed by atoms with Crippen molar-refractivity contribution in [1.29, 1.82) is 0 Å².